The van der Waals surface area contributed by atoms with E-state index in [9.17, 15) is 35.2 Å². The average Bonchev–Trinajstić information content (AvgIpc) is 2.88. The van der Waals surface area contributed by atoms with E-state index in [2.05, 4.69) is 9.71 Å². The summed E-state index contributed by atoms with van der Waals surface area (Å²) in [5, 5.41) is 0.202. The fraction of sp³-hybridized carbons (Fsp3) is 0.0800. The number of sulfonamides is 2. The molecule has 0 atom stereocenters. The predicted octanol–water partition coefficient (Wildman–Crippen LogP) is 3.95. The quantitative estimate of drug-likeness (QED) is 0.234. The van der Waals surface area contributed by atoms with Crippen LogP contribution in [0, 0.1) is 11.6 Å². The number of fused-ring (bicyclic) bond motifs is 1. The molecule has 0 amide bonds. The molecule has 1 N–H and O–H groups in total. The van der Waals surface area contributed by atoms with Crippen molar-refractivity contribution in [2.24, 2.45) is 0 Å². The number of hydrogen-bond donors (Lipinski definition) is 1. The summed E-state index contributed by atoms with van der Waals surface area (Å²) in [6.07, 6.45) is 0.212. The van der Waals surface area contributed by atoms with Crippen molar-refractivity contribution < 1.29 is 40.0 Å². The van der Waals surface area contributed by atoms with Gasteiger partial charge in [-0.25, -0.2) is 27.0 Å². The van der Waals surface area contributed by atoms with Crippen molar-refractivity contribution in [3.05, 3.63) is 90.6 Å². The molecule has 202 valence electrons. The number of benzene rings is 3. The highest BCUT2D eigenvalue weighted by Crippen LogP contribution is 2.35. The molecule has 0 fully saturated rings. The second kappa shape index (κ2) is 10.7. The minimum Gasteiger partial charge on any atom is -0.325 e. The number of ketones is 1. The van der Waals surface area contributed by atoms with Gasteiger partial charge in [-0.05, 0) is 55.5 Å². The van der Waals surface area contributed by atoms with Crippen molar-refractivity contribution in [1.29, 1.82) is 0 Å². The van der Waals surface area contributed by atoms with Crippen molar-refractivity contribution in [2.75, 3.05) is 9.19 Å². The largest absolute Gasteiger partial charge is 0.341 e. The number of pyridine rings is 1. The molecule has 0 aliphatic rings. The molecule has 0 spiro atoms. The zero-order chi connectivity index (χ0) is 28.4. The van der Waals surface area contributed by atoms with Gasteiger partial charge in [0.05, 0.1) is 16.0 Å². The van der Waals surface area contributed by atoms with Crippen molar-refractivity contribution >= 4 is 54.1 Å². The minimum atomic E-state index is -4.69. The lowest BCUT2D eigenvalue weighted by Crippen LogP contribution is -2.34. The molecule has 0 radical (unpaired) electrons. The molecule has 0 unspecified atom stereocenters. The Morgan fingerprint density at radius 3 is 1.95 bits per heavy atom. The van der Waals surface area contributed by atoms with Crippen LogP contribution in [-0.4, -0.2) is 33.6 Å². The molecule has 10 nitrogen and oxygen atoms in total. The van der Waals surface area contributed by atoms with Crippen LogP contribution in [0.1, 0.15) is 13.3 Å². The highest BCUT2D eigenvalue weighted by atomic mass is 32.2. The van der Waals surface area contributed by atoms with Crippen LogP contribution in [0.4, 0.5) is 20.3 Å². The van der Waals surface area contributed by atoms with Crippen molar-refractivity contribution in [3.8, 4) is 0 Å². The number of nitrogens with zero attached hydrogens (tertiary/aromatic N) is 2. The van der Waals surface area contributed by atoms with Gasteiger partial charge in [0.2, 0.25) is 0 Å². The molecule has 0 saturated carbocycles. The van der Waals surface area contributed by atoms with E-state index >= 15 is 0 Å². The summed E-state index contributed by atoms with van der Waals surface area (Å²) in [6, 6.07) is 13.7. The van der Waals surface area contributed by atoms with Gasteiger partial charge in [-0.15, -0.1) is 0 Å². The van der Waals surface area contributed by atoms with E-state index in [1.165, 1.54) is 24.3 Å². The predicted molar refractivity (Wildman–Crippen MR) is 136 cm³/mol. The Hall–Kier alpha value is -4.43. The van der Waals surface area contributed by atoms with Crippen LogP contribution in [-0.2, 0) is 34.5 Å². The maximum atomic E-state index is 13.5. The number of anilines is 2. The summed E-state index contributed by atoms with van der Waals surface area (Å²) < 4.78 is 82.1. The number of rotatable bonds is 9. The number of nitrogens with one attached hydrogen (secondary N) is 1. The maximum absolute atomic E-state index is 13.5. The van der Waals surface area contributed by atoms with Gasteiger partial charge in [-0.2, -0.15) is 8.42 Å². The first-order valence-electron chi connectivity index (χ1n) is 11.1. The maximum Gasteiger partial charge on any atom is 0.341 e. The van der Waals surface area contributed by atoms with Gasteiger partial charge in [-0.3, -0.25) is 9.52 Å². The van der Waals surface area contributed by atoms with Gasteiger partial charge < -0.3 is 4.84 Å². The molecule has 4 rings (SSSR count). The van der Waals surface area contributed by atoms with Crippen LogP contribution >= 0.6 is 0 Å². The number of carbonyl (C=O) groups excluding carboxylic acids is 2. The monoisotopic (exact) mass is 575 g/mol. The Balaban J connectivity index is 1.84. The molecule has 0 aliphatic heterocycles. The molecule has 14 heteroatoms. The average molecular weight is 576 g/mol. The molecular formula is C25H19F2N3O7S2. The van der Waals surface area contributed by atoms with Crippen LogP contribution in [0.2, 0.25) is 0 Å². The minimum absolute atomic E-state index is 0.0885. The van der Waals surface area contributed by atoms with Crippen LogP contribution in [0.25, 0.3) is 10.8 Å². The third-order valence-corrected chi connectivity index (χ3v) is 8.16. The van der Waals surface area contributed by atoms with Gasteiger partial charge in [0.15, 0.2) is 0 Å². The fourth-order valence-electron chi connectivity index (χ4n) is 3.46. The van der Waals surface area contributed by atoms with E-state index in [1.807, 2.05) is 0 Å². The third-order valence-electron chi connectivity index (χ3n) is 5.23. The lowest BCUT2D eigenvalue weighted by molar-refractivity contribution is -0.145. The Kier molecular flexibility index (Phi) is 7.60. The Labute approximate surface area is 221 Å². The third kappa shape index (κ3) is 6.02. The highest BCUT2D eigenvalue weighted by Gasteiger charge is 2.32. The lowest BCUT2D eigenvalue weighted by Gasteiger charge is -2.24. The number of Topliss-reactive ketones (excluding diaryl/α,β-unsaturated/α-hetero) is 1. The zero-order valence-corrected chi connectivity index (χ0v) is 21.7. The second-order valence-corrected chi connectivity index (χ2v) is 11.6. The molecule has 4 aromatic rings. The first-order chi connectivity index (χ1) is 18.4. The number of hydrogen-bond acceptors (Lipinski definition) is 8. The molecular weight excluding hydrogens is 556 g/mol. The summed E-state index contributed by atoms with van der Waals surface area (Å²) in [6.45, 7) is 1.11. The van der Waals surface area contributed by atoms with Crippen LogP contribution in [0.3, 0.4) is 0 Å². The van der Waals surface area contributed by atoms with Crippen molar-refractivity contribution in [1.82, 2.24) is 4.98 Å². The van der Waals surface area contributed by atoms with Crippen LogP contribution < -0.4 is 9.19 Å². The number of carbonyl (C=O) groups is 2. The summed E-state index contributed by atoms with van der Waals surface area (Å²) in [7, 11) is -8.92. The van der Waals surface area contributed by atoms with Gasteiger partial charge >= 0.3 is 5.97 Å². The van der Waals surface area contributed by atoms with E-state index in [4.69, 9.17) is 4.84 Å². The van der Waals surface area contributed by atoms with Gasteiger partial charge in [0.25, 0.3) is 20.0 Å². The first kappa shape index (κ1) is 27.6. The van der Waals surface area contributed by atoms with E-state index in [0.717, 1.165) is 61.7 Å². The second-order valence-electron chi connectivity index (χ2n) is 8.13. The van der Waals surface area contributed by atoms with E-state index in [0.29, 0.717) is 0 Å². The SMILES string of the molecule is CC(=O)CC(=O)ON(c1cnc(NS(=O)(=O)c2ccc(F)cc2)c2ccccc12)S(=O)(=O)c1ccc(F)cc1. The molecule has 0 saturated heterocycles. The molecule has 1 heterocycles. The van der Waals surface area contributed by atoms with Gasteiger partial charge in [0.1, 0.15) is 35.3 Å². The van der Waals surface area contributed by atoms with E-state index in [1.54, 1.807) is 0 Å². The summed E-state index contributed by atoms with van der Waals surface area (Å²) in [5.74, 6) is -3.33. The number of halogens is 2. The standard InChI is InChI=1S/C25H19F2N3O7S2/c1-16(31)14-24(32)37-30(39(35,36)20-12-8-18(27)9-13-20)23-15-28-25(22-5-3-2-4-21(22)23)29-38(33,34)19-10-6-17(26)7-11-19/h2-13,15H,14H2,1H3,(H,28,29). The lowest BCUT2D eigenvalue weighted by atomic mass is 10.1. The van der Waals surface area contributed by atoms with Crippen LogP contribution in [0.5, 0.6) is 0 Å². The van der Waals surface area contributed by atoms with Crippen molar-refractivity contribution in [3.63, 3.8) is 0 Å². The summed E-state index contributed by atoms with van der Waals surface area (Å²) in [5.41, 5.74) is -0.295. The normalized spacial score (nSPS) is 11.7. The highest BCUT2D eigenvalue weighted by molar-refractivity contribution is 7.93. The first-order valence-corrected chi connectivity index (χ1v) is 14.0. The zero-order valence-electron chi connectivity index (χ0n) is 20.0. The molecule has 3 aromatic carbocycles. The topological polar surface area (TPSA) is 140 Å². The molecule has 1 aromatic heterocycles. The molecule has 0 bridgehead atoms. The number of aromatic nitrogens is 1. The Morgan fingerprint density at radius 1 is 0.846 bits per heavy atom. The summed E-state index contributed by atoms with van der Waals surface area (Å²) in [4.78, 5) is 32.3. The fourth-order valence-corrected chi connectivity index (χ4v) is 5.75. The summed E-state index contributed by atoms with van der Waals surface area (Å²) >= 11 is 0. The van der Waals surface area contributed by atoms with Gasteiger partial charge in [-0.1, -0.05) is 28.7 Å². The van der Waals surface area contributed by atoms with E-state index < -0.39 is 54.7 Å². The Bertz CT molecular complexity index is 1780. The van der Waals surface area contributed by atoms with Crippen molar-refractivity contribution in [2.45, 2.75) is 23.1 Å². The van der Waals surface area contributed by atoms with Gasteiger partial charge in [0, 0.05) is 10.8 Å². The van der Waals surface area contributed by atoms with E-state index in [-0.39, 0.29) is 31.6 Å². The Morgan fingerprint density at radius 2 is 1.38 bits per heavy atom. The van der Waals surface area contributed by atoms with Crippen LogP contribution in [0.15, 0.2) is 88.8 Å². The molecule has 0 aliphatic carbocycles. The molecule has 39 heavy (non-hydrogen) atoms. The smallest absolute Gasteiger partial charge is 0.325 e.